The molecule has 0 saturated carbocycles. The van der Waals surface area contributed by atoms with Gasteiger partial charge in [0.2, 0.25) is 0 Å². The largest absolute Gasteiger partial charge is 0.384 e. The van der Waals surface area contributed by atoms with Gasteiger partial charge in [-0.3, -0.25) is 0 Å². The summed E-state index contributed by atoms with van der Waals surface area (Å²) in [6, 6.07) is 7.10. The van der Waals surface area contributed by atoms with E-state index in [1.54, 1.807) is 19.1 Å². The number of alkyl halides is 1. The Balaban J connectivity index is 2.82. The summed E-state index contributed by atoms with van der Waals surface area (Å²) in [4.78, 5) is 0.392. The van der Waals surface area contributed by atoms with E-state index in [0.29, 0.717) is 22.4 Å². The Kier molecular flexibility index (Phi) is 7.38. The Morgan fingerprint density at radius 2 is 1.90 bits per heavy atom. The molecular weight excluding hydrogens is 294 g/mol. The van der Waals surface area contributed by atoms with Gasteiger partial charge in [-0.2, -0.15) is 0 Å². The molecule has 0 aliphatic carbocycles. The van der Waals surface area contributed by atoms with Gasteiger partial charge >= 0.3 is 0 Å². The first-order valence-electron chi connectivity index (χ1n) is 7.16. The van der Waals surface area contributed by atoms with Crippen molar-refractivity contribution in [2.45, 2.75) is 38.0 Å². The average molecular weight is 318 g/mol. The lowest BCUT2D eigenvalue weighted by Crippen LogP contribution is -2.17. The average Bonchev–Trinajstić information content (AvgIpc) is 2.45. The van der Waals surface area contributed by atoms with Crippen molar-refractivity contribution in [2.24, 2.45) is 5.92 Å². The second kappa shape index (κ2) is 8.53. The maximum Gasteiger partial charge on any atom is 0.180 e. The molecule has 0 aliphatic heterocycles. The summed E-state index contributed by atoms with van der Waals surface area (Å²) in [5, 5.41) is 3.29. The number of hydrogen-bond donors (Lipinski definition) is 1. The third kappa shape index (κ3) is 4.98. The second-order valence-electron chi connectivity index (χ2n) is 4.91. The number of sulfone groups is 1. The van der Waals surface area contributed by atoms with Gasteiger partial charge in [0.15, 0.2) is 9.84 Å². The summed E-state index contributed by atoms with van der Waals surface area (Å²) < 4.78 is 24.1. The topological polar surface area (TPSA) is 46.2 Å². The van der Waals surface area contributed by atoms with Crippen molar-refractivity contribution in [3.8, 4) is 0 Å². The highest BCUT2D eigenvalue weighted by Crippen LogP contribution is 2.23. The van der Waals surface area contributed by atoms with Crippen LogP contribution in [0.25, 0.3) is 0 Å². The van der Waals surface area contributed by atoms with Crippen molar-refractivity contribution in [3.05, 3.63) is 24.3 Å². The first-order chi connectivity index (χ1) is 9.55. The zero-order valence-electron chi connectivity index (χ0n) is 12.2. The minimum absolute atomic E-state index is 0.117. The molecule has 114 valence electrons. The molecule has 0 radical (unpaired) electrons. The van der Waals surface area contributed by atoms with E-state index in [4.69, 9.17) is 11.6 Å². The van der Waals surface area contributed by atoms with Crippen molar-refractivity contribution in [2.75, 3.05) is 23.5 Å². The van der Waals surface area contributed by atoms with Crippen molar-refractivity contribution in [1.82, 2.24) is 0 Å². The third-order valence-corrected chi connectivity index (χ3v) is 5.40. The van der Waals surface area contributed by atoms with Crippen LogP contribution in [0.15, 0.2) is 29.2 Å². The van der Waals surface area contributed by atoms with Gasteiger partial charge in [-0.15, -0.1) is 11.6 Å². The van der Waals surface area contributed by atoms with Gasteiger partial charge in [-0.1, -0.05) is 32.4 Å². The van der Waals surface area contributed by atoms with Crippen molar-refractivity contribution >= 4 is 27.1 Å². The molecule has 1 N–H and O–H groups in total. The molecule has 5 heteroatoms. The number of rotatable bonds is 9. The van der Waals surface area contributed by atoms with Crippen molar-refractivity contribution < 1.29 is 8.42 Å². The van der Waals surface area contributed by atoms with Crippen LogP contribution in [-0.2, 0) is 9.84 Å². The smallest absolute Gasteiger partial charge is 0.180 e. The van der Waals surface area contributed by atoms with Crippen LogP contribution in [0.2, 0.25) is 0 Å². The molecule has 0 saturated heterocycles. The van der Waals surface area contributed by atoms with Crippen LogP contribution < -0.4 is 5.32 Å². The van der Waals surface area contributed by atoms with Crippen LogP contribution in [0.5, 0.6) is 0 Å². The lowest BCUT2D eigenvalue weighted by atomic mass is 10.0. The van der Waals surface area contributed by atoms with Gasteiger partial charge in [0.25, 0.3) is 0 Å². The summed E-state index contributed by atoms with van der Waals surface area (Å²) in [6.07, 6.45) is 3.16. The Morgan fingerprint density at radius 1 is 1.20 bits per heavy atom. The van der Waals surface area contributed by atoms with Gasteiger partial charge in [0.05, 0.1) is 16.3 Å². The fourth-order valence-corrected chi connectivity index (χ4v) is 3.59. The Labute approximate surface area is 127 Å². The van der Waals surface area contributed by atoms with Crippen LogP contribution >= 0.6 is 11.6 Å². The molecule has 1 aromatic carbocycles. The normalized spacial score (nSPS) is 13.2. The lowest BCUT2D eigenvalue weighted by molar-refractivity contribution is 0.490. The number of nitrogens with one attached hydrogen (secondary N) is 1. The molecule has 1 unspecified atom stereocenters. The molecule has 1 aromatic rings. The highest BCUT2D eigenvalue weighted by atomic mass is 35.5. The Morgan fingerprint density at radius 3 is 2.50 bits per heavy atom. The summed E-state index contributed by atoms with van der Waals surface area (Å²) in [5.74, 6) is 1.24. The van der Waals surface area contributed by atoms with Gasteiger partial charge in [0, 0.05) is 12.4 Å². The van der Waals surface area contributed by atoms with Gasteiger partial charge in [0.1, 0.15) is 0 Å². The summed E-state index contributed by atoms with van der Waals surface area (Å²) in [6.45, 7) is 4.58. The van der Waals surface area contributed by atoms with Gasteiger partial charge < -0.3 is 5.32 Å². The minimum Gasteiger partial charge on any atom is -0.384 e. The molecule has 20 heavy (non-hydrogen) atoms. The molecular formula is C15H24ClNO2S. The predicted molar refractivity (Wildman–Crippen MR) is 86.4 cm³/mol. The zero-order chi connectivity index (χ0) is 15.0. The Hall–Kier alpha value is -0.740. The van der Waals surface area contributed by atoms with E-state index in [2.05, 4.69) is 12.2 Å². The first-order valence-corrected chi connectivity index (χ1v) is 9.35. The van der Waals surface area contributed by atoms with Crippen molar-refractivity contribution in [1.29, 1.82) is 0 Å². The second-order valence-corrected chi connectivity index (χ2v) is 7.54. The van der Waals surface area contributed by atoms with Crippen LogP contribution in [0.1, 0.15) is 33.1 Å². The van der Waals surface area contributed by atoms with E-state index in [1.165, 1.54) is 0 Å². The molecule has 0 aromatic heterocycles. The monoisotopic (exact) mass is 317 g/mol. The molecule has 0 fully saturated rings. The number of hydrogen-bond acceptors (Lipinski definition) is 3. The van der Waals surface area contributed by atoms with E-state index >= 15 is 0 Å². The molecule has 0 spiro atoms. The number of para-hydroxylation sites is 1. The number of anilines is 1. The molecule has 0 amide bonds. The zero-order valence-corrected chi connectivity index (χ0v) is 13.8. The molecule has 0 aliphatic rings. The number of halogens is 1. The maximum atomic E-state index is 12.1. The van der Waals surface area contributed by atoms with Crippen LogP contribution in [0, 0.1) is 5.92 Å². The van der Waals surface area contributed by atoms with Crippen molar-refractivity contribution in [3.63, 3.8) is 0 Å². The highest BCUT2D eigenvalue weighted by Gasteiger charge is 2.16. The van der Waals surface area contributed by atoms with Crippen LogP contribution in [-0.4, -0.2) is 26.6 Å². The maximum absolute atomic E-state index is 12.1. The van der Waals surface area contributed by atoms with Gasteiger partial charge in [-0.25, -0.2) is 8.42 Å². The predicted octanol–water partition coefficient (Wildman–Crippen LogP) is 3.94. The first kappa shape index (κ1) is 17.3. The van der Waals surface area contributed by atoms with E-state index in [1.807, 2.05) is 12.1 Å². The third-order valence-electron chi connectivity index (χ3n) is 3.40. The fraction of sp³-hybridized carbons (Fsp3) is 0.600. The summed E-state index contributed by atoms with van der Waals surface area (Å²) in [5.41, 5.74) is 0.699. The SMILES string of the molecule is CCCC(CCCl)CNc1ccccc1S(=O)(=O)CC. The van der Waals surface area contributed by atoms with E-state index < -0.39 is 9.84 Å². The quantitative estimate of drug-likeness (QED) is 0.702. The standard InChI is InChI=1S/C15H24ClNO2S/c1-3-7-13(10-11-16)12-17-14-8-5-6-9-15(14)20(18,19)4-2/h5-6,8-9,13,17H,3-4,7,10-12H2,1-2H3. The van der Waals surface area contributed by atoms with Gasteiger partial charge in [-0.05, 0) is 30.9 Å². The fourth-order valence-electron chi connectivity index (χ4n) is 2.20. The number of benzene rings is 1. The molecule has 0 bridgehead atoms. The summed E-state index contributed by atoms with van der Waals surface area (Å²) >= 11 is 5.82. The summed E-state index contributed by atoms with van der Waals surface area (Å²) in [7, 11) is -3.19. The van der Waals surface area contributed by atoms with E-state index in [0.717, 1.165) is 25.8 Å². The van der Waals surface area contributed by atoms with E-state index in [9.17, 15) is 8.42 Å². The van der Waals surface area contributed by atoms with Crippen LogP contribution in [0.3, 0.4) is 0 Å². The molecule has 0 heterocycles. The Bertz CT molecular complexity index is 496. The minimum atomic E-state index is -3.19. The highest BCUT2D eigenvalue weighted by molar-refractivity contribution is 7.91. The molecule has 3 nitrogen and oxygen atoms in total. The molecule has 1 rings (SSSR count). The molecule has 1 atom stereocenters. The van der Waals surface area contributed by atoms with Crippen LogP contribution in [0.4, 0.5) is 5.69 Å². The lowest BCUT2D eigenvalue weighted by Gasteiger charge is -2.18. The van der Waals surface area contributed by atoms with E-state index in [-0.39, 0.29) is 5.75 Å².